The molecule has 0 atom stereocenters. The topological polar surface area (TPSA) is 18.8 Å². The molecule has 4 heteroatoms. The van der Waals surface area contributed by atoms with Crippen molar-refractivity contribution >= 4 is 17.7 Å². The lowest BCUT2D eigenvalue weighted by atomic mass is 10.1. The highest BCUT2D eigenvalue weighted by Gasteiger charge is 2.06. The van der Waals surface area contributed by atoms with E-state index in [1.807, 2.05) is 38.0 Å². The van der Waals surface area contributed by atoms with Crippen LogP contribution >= 0.6 is 11.8 Å². The molecule has 1 aromatic carbocycles. The van der Waals surface area contributed by atoms with Crippen molar-refractivity contribution in [1.29, 1.82) is 0 Å². The van der Waals surface area contributed by atoms with Crippen LogP contribution in [0.15, 0.2) is 28.1 Å². The van der Waals surface area contributed by atoms with Gasteiger partial charge in [0.1, 0.15) is 0 Å². The second-order valence-electron chi connectivity index (χ2n) is 4.72. The molecule has 0 unspecified atom stereocenters. The molecule has 3 nitrogen and oxygen atoms in total. The van der Waals surface area contributed by atoms with Crippen LogP contribution in [0.5, 0.6) is 0 Å². The third-order valence-electron chi connectivity index (χ3n) is 2.63. The van der Waals surface area contributed by atoms with Gasteiger partial charge >= 0.3 is 0 Å². The average molecular weight is 265 g/mol. The highest BCUT2D eigenvalue weighted by Crippen LogP contribution is 2.22. The highest BCUT2D eigenvalue weighted by molar-refractivity contribution is 7.98. The third kappa shape index (κ3) is 3.95. The largest absolute Gasteiger partial charge is 0.349 e. The first kappa shape index (κ1) is 14.9. The van der Waals surface area contributed by atoms with Crippen molar-refractivity contribution in [3.05, 3.63) is 29.3 Å². The van der Waals surface area contributed by atoms with Gasteiger partial charge in [-0.15, -0.1) is 11.8 Å². The fraction of sp³-hybridized carbons (Fsp3) is 0.500. The maximum Gasteiger partial charge on any atom is 0.195 e. The van der Waals surface area contributed by atoms with Gasteiger partial charge in [-0.05, 0) is 30.4 Å². The van der Waals surface area contributed by atoms with Crippen molar-refractivity contribution < 1.29 is 0 Å². The lowest BCUT2D eigenvalue weighted by Crippen LogP contribution is -2.35. The number of aryl methyl sites for hydroxylation is 1. The van der Waals surface area contributed by atoms with E-state index >= 15 is 0 Å². The van der Waals surface area contributed by atoms with Gasteiger partial charge in [0.2, 0.25) is 0 Å². The standard InChI is InChI=1S/C14H23N3S/c1-11-7-8-12(13(9-11)18-6)10-15-14(16(2)3)17(4)5/h7-9H,10H2,1-6H3. The monoisotopic (exact) mass is 265 g/mol. The van der Waals surface area contributed by atoms with Gasteiger partial charge in [0.15, 0.2) is 5.96 Å². The van der Waals surface area contributed by atoms with Crippen LogP contribution in [0.2, 0.25) is 0 Å². The van der Waals surface area contributed by atoms with Crippen LogP contribution in [-0.2, 0) is 6.54 Å². The molecule has 0 radical (unpaired) electrons. The minimum Gasteiger partial charge on any atom is -0.349 e. The molecule has 0 bridgehead atoms. The zero-order chi connectivity index (χ0) is 13.7. The van der Waals surface area contributed by atoms with Crippen LogP contribution < -0.4 is 0 Å². The van der Waals surface area contributed by atoms with Crippen LogP contribution in [0.3, 0.4) is 0 Å². The highest BCUT2D eigenvalue weighted by atomic mass is 32.2. The van der Waals surface area contributed by atoms with Crippen LogP contribution in [0.4, 0.5) is 0 Å². The van der Waals surface area contributed by atoms with Crippen molar-refractivity contribution in [1.82, 2.24) is 9.80 Å². The molecule has 1 aromatic rings. The molecular formula is C14H23N3S. The molecule has 18 heavy (non-hydrogen) atoms. The molecule has 0 spiro atoms. The quantitative estimate of drug-likeness (QED) is 0.476. The Morgan fingerprint density at radius 2 is 1.78 bits per heavy atom. The Morgan fingerprint density at radius 3 is 2.28 bits per heavy atom. The SMILES string of the molecule is CSc1cc(C)ccc1CN=C(N(C)C)N(C)C. The summed E-state index contributed by atoms with van der Waals surface area (Å²) in [5.74, 6) is 0.989. The molecule has 0 aromatic heterocycles. The molecule has 0 saturated carbocycles. The summed E-state index contributed by atoms with van der Waals surface area (Å²) < 4.78 is 0. The Hall–Kier alpha value is -1.16. The van der Waals surface area contributed by atoms with Crippen molar-refractivity contribution in [2.45, 2.75) is 18.4 Å². The second-order valence-corrected chi connectivity index (χ2v) is 5.57. The Kier molecular flexibility index (Phi) is 5.54. The summed E-state index contributed by atoms with van der Waals surface area (Å²) in [6.07, 6.45) is 2.11. The first-order chi connectivity index (χ1) is 8.45. The summed E-state index contributed by atoms with van der Waals surface area (Å²) in [7, 11) is 8.07. The van der Waals surface area contributed by atoms with Crippen molar-refractivity contribution in [3.63, 3.8) is 0 Å². The van der Waals surface area contributed by atoms with Gasteiger partial charge in [-0.25, -0.2) is 4.99 Å². The Morgan fingerprint density at radius 1 is 1.17 bits per heavy atom. The van der Waals surface area contributed by atoms with Gasteiger partial charge in [-0.2, -0.15) is 0 Å². The molecular weight excluding hydrogens is 242 g/mol. The zero-order valence-corrected chi connectivity index (χ0v) is 13.0. The maximum atomic E-state index is 4.69. The molecule has 0 heterocycles. The van der Waals surface area contributed by atoms with Gasteiger partial charge in [0.25, 0.3) is 0 Å². The van der Waals surface area contributed by atoms with E-state index in [0.29, 0.717) is 0 Å². The predicted molar refractivity (Wildman–Crippen MR) is 81.5 cm³/mol. The zero-order valence-electron chi connectivity index (χ0n) is 12.2. The summed E-state index contributed by atoms with van der Waals surface area (Å²) in [5, 5.41) is 0. The molecule has 0 saturated heterocycles. The van der Waals surface area contributed by atoms with Gasteiger partial charge in [-0.3, -0.25) is 0 Å². The van der Waals surface area contributed by atoms with E-state index < -0.39 is 0 Å². The van der Waals surface area contributed by atoms with E-state index in [-0.39, 0.29) is 0 Å². The van der Waals surface area contributed by atoms with Gasteiger partial charge < -0.3 is 9.80 Å². The number of benzene rings is 1. The Bertz CT molecular complexity index is 415. The van der Waals surface area contributed by atoms with E-state index in [1.165, 1.54) is 16.0 Å². The van der Waals surface area contributed by atoms with Gasteiger partial charge in [0, 0.05) is 33.1 Å². The van der Waals surface area contributed by atoms with E-state index in [1.54, 1.807) is 11.8 Å². The molecule has 1 rings (SSSR count). The first-order valence-corrected chi connectivity index (χ1v) is 7.20. The second kappa shape index (κ2) is 6.69. The van der Waals surface area contributed by atoms with Crippen molar-refractivity contribution in [3.8, 4) is 0 Å². The third-order valence-corrected chi connectivity index (χ3v) is 3.45. The molecule has 0 fully saturated rings. The predicted octanol–water partition coefficient (Wildman–Crippen LogP) is 2.70. The minimum atomic E-state index is 0.724. The van der Waals surface area contributed by atoms with Crippen LogP contribution in [0.25, 0.3) is 0 Å². The van der Waals surface area contributed by atoms with Crippen molar-refractivity contribution in [2.24, 2.45) is 4.99 Å². The first-order valence-electron chi connectivity index (χ1n) is 5.98. The number of aliphatic imine (C=N–C) groups is 1. The summed E-state index contributed by atoms with van der Waals surface area (Å²) in [6, 6.07) is 6.55. The molecule has 100 valence electrons. The Labute approximate surface area is 115 Å². The molecule has 0 aliphatic rings. The fourth-order valence-corrected chi connectivity index (χ4v) is 2.52. The number of guanidine groups is 1. The summed E-state index contributed by atoms with van der Waals surface area (Å²) in [4.78, 5) is 10.1. The summed E-state index contributed by atoms with van der Waals surface area (Å²) in [6.45, 7) is 2.85. The molecule has 0 aliphatic heterocycles. The number of hydrogen-bond acceptors (Lipinski definition) is 2. The lowest BCUT2D eigenvalue weighted by molar-refractivity contribution is 0.479. The summed E-state index contributed by atoms with van der Waals surface area (Å²) >= 11 is 1.78. The van der Waals surface area contributed by atoms with E-state index in [2.05, 4.69) is 36.4 Å². The number of rotatable bonds is 3. The summed E-state index contributed by atoms with van der Waals surface area (Å²) in [5.41, 5.74) is 2.59. The van der Waals surface area contributed by atoms with Crippen LogP contribution in [0, 0.1) is 6.92 Å². The van der Waals surface area contributed by atoms with Gasteiger partial charge in [-0.1, -0.05) is 12.1 Å². The Balaban J connectivity index is 2.94. The normalized spacial score (nSPS) is 10.1. The minimum absolute atomic E-state index is 0.724. The van der Waals surface area contributed by atoms with Crippen LogP contribution in [-0.4, -0.2) is 50.2 Å². The van der Waals surface area contributed by atoms with Crippen LogP contribution in [0.1, 0.15) is 11.1 Å². The number of hydrogen-bond donors (Lipinski definition) is 0. The molecule has 0 N–H and O–H groups in total. The van der Waals surface area contributed by atoms with E-state index in [9.17, 15) is 0 Å². The molecule has 0 aliphatic carbocycles. The van der Waals surface area contributed by atoms with E-state index in [0.717, 1.165) is 12.5 Å². The number of nitrogens with zero attached hydrogens (tertiary/aromatic N) is 3. The van der Waals surface area contributed by atoms with Gasteiger partial charge in [0.05, 0.1) is 6.54 Å². The maximum absolute atomic E-state index is 4.69. The van der Waals surface area contributed by atoms with Crippen molar-refractivity contribution in [2.75, 3.05) is 34.4 Å². The van der Waals surface area contributed by atoms with E-state index in [4.69, 9.17) is 0 Å². The lowest BCUT2D eigenvalue weighted by Gasteiger charge is -2.22. The average Bonchev–Trinajstić information content (AvgIpc) is 2.30. The molecule has 0 amide bonds. The number of thioether (sulfide) groups is 1. The fourth-order valence-electron chi connectivity index (χ4n) is 1.82. The smallest absolute Gasteiger partial charge is 0.195 e.